The largest absolute Gasteiger partial charge is 0.338 e. The summed E-state index contributed by atoms with van der Waals surface area (Å²) in [7, 11) is 0. The molecule has 1 aromatic heterocycles. The number of carbonyl (C=O) groups excluding carboxylic acids is 1. The van der Waals surface area contributed by atoms with Crippen molar-refractivity contribution in [3.05, 3.63) is 102 Å². The molecule has 0 fully saturated rings. The first-order valence-electron chi connectivity index (χ1n) is 10.1. The fourth-order valence-corrected chi connectivity index (χ4v) is 3.61. The summed E-state index contributed by atoms with van der Waals surface area (Å²) in [5, 5.41) is 6.23. The van der Waals surface area contributed by atoms with Crippen molar-refractivity contribution in [1.29, 1.82) is 0 Å². The average molecular weight is 439 g/mol. The summed E-state index contributed by atoms with van der Waals surface area (Å²) in [5.41, 5.74) is 6.53. The second-order valence-electron chi connectivity index (χ2n) is 7.34. The van der Waals surface area contributed by atoms with E-state index in [0.29, 0.717) is 16.4 Å². The highest BCUT2D eigenvalue weighted by atomic mass is 35.5. The van der Waals surface area contributed by atoms with Crippen LogP contribution in [-0.4, -0.2) is 16.0 Å². The Balaban J connectivity index is 1.26. The van der Waals surface area contributed by atoms with E-state index in [1.807, 2.05) is 48.5 Å². The van der Waals surface area contributed by atoms with Gasteiger partial charge >= 0.3 is 6.03 Å². The maximum absolute atomic E-state index is 12.2. The van der Waals surface area contributed by atoms with Crippen LogP contribution in [0.2, 0.25) is 5.02 Å². The third kappa shape index (κ3) is 4.33. The van der Waals surface area contributed by atoms with E-state index in [1.165, 1.54) is 0 Å². The van der Waals surface area contributed by atoms with Crippen LogP contribution in [0.25, 0.3) is 33.5 Å². The number of fused-ring (bicyclic) bond motifs is 1. The average Bonchev–Trinajstić information content (AvgIpc) is 3.26. The maximum Gasteiger partial charge on any atom is 0.323 e. The van der Waals surface area contributed by atoms with Gasteiger partial charge in [-0.05, 0) is 59.7 Å². The number of nitrogens with one attached hydrogen (secondary N) is 3. The van der Waals surface area contributed by atoms with Gasteiger partial charge in [0.25, 0.3) is 0 Å². The molecule has 5 nitrogen and oxygen atoms in total. The number of carbonyl (C=O) groups is 1. The van der Waals surface area contributed by atoms with Crippen LogP contribution >= 0.6 is 11.6 Å². The molecule has 156 valence electrons. The van der Waals surface area contributed by atoms with Crippen LogP contribution in [0.1, 0.15) is 0 Å². The lowest BCUT2D eigenvalue weighted by molar-refractivity contribution is 0.262. The van der Waals surface area contributed by atoms with Crippen molar-refractivity contribution in [3.63, 3.8) is 0 Å². The highest BCUT2D eigenvalue weighted by molar-refractivity contribution is 6.30. The molecule has 0 aliphatic carbocycles. The van der Waals surface area contributed by atoms with E-state index in [4.69, 9.17) is 11.6 Å². The number of halogens is 1. The van der Waals surface area contributed by atoms with Crippen molar-refractivity contribution in [2.24, 2.45) is 0 Å². The standard InChI is InChI=1S/C26H19ClN4O/c27-20-11-15-22(16-12-20)29-26(32)28-21-13-9-18(10-14-21)17-5-7-19(8-6-17)25-30-23-3-1-2-4-24(23)31-25/h1-16H,(H,30,31)(H2,28,29,32). The topological polar surface area (TPSA) is 69.8 Å². The predicted molar refractivity (Wildman–Crippen MR) is 131 cm³/mol. The minimum absolute atomic E-state index is 0.310. The number of H-pyrrole nitrogens is 1. The second kappa shape index (κ2) is 8.57. The molecule has 0 saturated carbocycles. The SMILES string of the molecule is O=C(Nc1ccc(Cl)cc1)Nc1ccc(-c2ccc(-c3nc4ccccc4[nH]3)cc2)cc1. The molecule has 0 aliphatic rings. The number of aromatic nitrogens is 2. The minimum atomic E-state index is -0.310. The van der Waals surface area contributed by atoms with E-state index < -0.39 is 0 Å². The number of anilines is 2. The van der Waals surface area contributed by atoms with Crippen LogP contribution in [0.5, 0.6) is 0 Å². The normalized spacial score (nSPS) is 10.8. The quantitative estimate of drug-likeness (QED) is 0.278. The van der Waals surface area contributed by atoms with Crippen LogP contribution in [0.3, 0.4) is 0 Å². The molecule has 4 aromatic carbocycles. The van der Waals surface area contributed by atoms with Crippen molar-refractivity contribution >= 4 is 40.0 Å². The Bertz CT molecular complexity index is 1340. The Morgan fingerprint density at radius 2 is 1.22 bits per heavy atom. The molecule has 0 radical (unpaired) electrons. The van der Waals surface area contributed by atoms with Gasteiger partial charge < -0.3 is 15.6 Å². The molecular weight excluding hydrogens is 420 g/mol. The Kier molecular flexibility index (Phi) is 5.32. The zero-order chi connectivity index (χ0) is 21.9. The molecule has 0 spiro atoms. The molecule has 0 saturated heterocycles. The van der Waals surface area contributed by atoms with Crippen molar-refractivity contribution in [1.82, 2.24) is 9.97 Å². The molecule has 1 heterocycles. The number of benzene rings is 4. The van der Waals surface area contributed by atoms with Gasteiger partial charge in [0, 0.05) is 22.0 Å². The van der Waals surface area contributed by atoms with Crippen LogP contribution in [0, 0.1) is 0 Å². The Morgan fingerprint density at radius 3 is 1.84 bits per heavy atom. The molecule has 2 amide bonds. The number of aromatic amines is 1. The highest BCUT2D eigenvalue weighted by Gasteiger charge is 2.07. The van der Waals surface area contributed by atoms with Gasteiger partial charge in [-0.3, -0.25) is 0 Å². The summed E-state index contributed by atoms with van der Waals surface area (Å²) in [6.45, 7) is 0. The highest BCUT2D eigenvalue weighted by Crippen LogP contribution is 2.26. The van der Waals surface area contributed by atoms with Gasteiger partial charge in [-0.25, -0.2) is 9.78 Å². The predicted octanol–water partition coefficient (Wildman–Crippen LogP) is 7.19. The Morgan fingerprint density at radius 1 is 0.688 bits per heavy atom. The van der Waals surface area contributed by atoms with Crippen LogP contribution in [0.4, 0.5) is 16.2 Å². The first kappa shape index (κ1) is 19.8. The lowest BCUT2D eigenvalue weighted by atomic mass is 10.0. The molecule has 0 aliphatic heterocycles. The number of hydrogen-bond donors (Lipinski definition) is 3. The molecule has 32 heavy (non-hydrogen) atoms. The van der Waals surface area contributed by atoms with Gasteiger partial charge in [-0.1, -0.05) is 60.1 Å². The molecule has 5 rings (SSSR count). The van der Waals surface area contributed by atoms with Crippen LogP contribution < -0.4 is 10.6 Å². The van der Waals surface area contributed by atoms with E-state index in [0.717, 1.165) is 33.5 Å². The second-order valence-corrected chi connectivity index (χ2v) is 7.78. The summed E-state index contributed by atoms with van der Waals surface area (Å²) in [6.07, 6.45) is 0. The zero-order valence-electron chi connectivity index (χ0n) is 17.0. The van der Waals surface area contributed by atoms with Crippen molar-refractivity contribution in [3.8, 4) is 22.5 Å². The van der Waals surface area contributed by atoms with Crippen LogP contribution in [0.15, 0.2) is 97.1 Å². The summed E-state index contributed by atoms with van der Waals surface area (Å²) >= 11 is 5.87. The number of amides is 2. The number of nitrogens with zero attached hydrogens (tertiary/aromatic N) is 1. The van der Waals surface area contributed by atoms with E-state index >= 15 is 0 Å². The summed E-state index contributed by atoms with van der Waals surface area (Å²) in [4.78, 5) is 20.2. The minimum Gasteiger partial charge on any atom is -0.338 e. The lowest BCUT2D eigenvalue weighted by Gasteiger charge is -2.09. The van der Waals surface area contributed by atoms with E-state index in [-0.39, 0.29) is 6.03 Å². The molecule has 0 unspecified atom stereocenters. The molecule has 0 atom stereocenters. The molecule has 6 heteroatoms. The van der Waals surface area contributed by atoms with Gasteiger partial charge in [0.05, 0.1) is 11.0 Å². The third-order valence-corrected chi connectivity index (χ3v) is 5.38. The van der Waals surface area contributed by atoms with Crippen molar-refractivity contribution in [2.45, 2.75) is 0 Å². The van der Waals surface area contributed by atoms with Gasteiger partial charge in [0.15, 0.2) is 0 Å². The van der Waals surface area contributed by atoms with E-state index in [1.54, 1.807) is 24.3 Å². The Hall–Kier alpha value is -4.09. The van der Waals surface area contributed by atoms with Gasteiger partial charge in [-0.2, -0.15) is 0 Å². The summed E-state index contributed by atoms with van der Waals surface area (Å²) in [6, 6.07) is 30.6. The van der Waals surface area contributed by atoms with E-state index in [9.17, 15) is 4.79 Å². The molecule has 3 N–H and O–H groups in total. The number of rotatable bonds is 4. The Labute approximate surface area is 190 Å². The fraction of sp³-hybridized carbons (Fsp3) is 0. The maximum atomic E-state index is 12.2. The lowest BCUT2D eigenvalue weighted by Crippen LogP contribution is -2.19. The number of hydrogen-bond acceptors (Lipinski definition) is 2. The first-order chi connectivity index (χ1) is 15.6. The molecule has 5 aromatic rings. The third-order valence-electron chi connectivity index (χ3n) is 5.13. The van der Waals surface area contributed by atoms with Gasteiger partial charge in [0.1, 0.15) is 5.82 Å². The smallest absolute Gasteiger partial charge is 0.323 e. The van der Waals surface area contributed by atoms with Gasteiger partial charge in [0.2, 0.25) is 0 Å². The monoisotopic (exact) mass is 438 g/mol. The van der Waals surface area contributed by atoms with Crippen molar-refractivity contribution in [2.75, 3.05) is 10.6 Å². The first-order valence-corrected chi connectivity index (χ1v) is 10.5. The molecular formula is C26H19ClN4O. The summed E-state index contributed by atoms with van der Waals surface area (Å²) < 4.78 is 0. The fourth-order valence-electron chi connectivity index (χ4n) is 3.48. The number of urea groups is 1. The van der Waals surface area contributed by atoms with Crippen LogP contribution in [-0.2, 0) is 0 Å². The number of para-hydroxylation sites is 2. The van der Waals surface area contributed by atoms with E-state index in [2.05, 4.69) is 44.9 Å². The zero-order valence-corrected chi connectivity index (χ0v) is 17.7. The van der Waals surface area contributed by atoms with Crippen molar-refractivity contribution < 1.29 is 4.79 Å². The number of imidazole rings is 1. The summed E-state index contributed by atoms with van der Waals surface area (Å²) in [5.74, 6) is 0.851. The van der Waals surface area contributed by atoms with Gasteiger partial charge in [-0.15, -0.1) is 0 Å². The molecule has 0 bridgehead atoms.